The van der Waals surface area contributed by atoms with E-state index in [1.54, 1.807) is 0 Å². The van der Waals surface area contributed by atoms with Gasteiger partial charge in [0, 0.05) is 35.3 Å². The number of rotatable bonds is 5. The topological polar surface area (TPSA) is 45.7 Å². The first-order chi connectivity index (χ1) is 9.81. The maximum absolute atomic E-state index is 5.87. The van der Waals surface area contributed by atoms with Gasteiger partial charge in [-0.3, -0.25) is 4.99 Å². The molecule has 0 aromatic carbocycles. The number of nitrogens with one attached hydrogen (secondary N) is 2. The lowest BCUT2D eigenvalue weighted by atomic mass is 9.57. The summed E-state index contributed by atoms with van der Waals surface area (Å²) >= 11 is 1.86. The Hall–Kier alpha value is 0.310. The van der Waals surface area contributed by atoms with Crippen molar-refractivity contribution < 1.29 is 4.74 Å². The fourth-order valence-corrected chi connectivity index (χ4v) is 3.61. The maximum Gasteiger partial charge on any atom is 0.191 e. The molecule has 130 valence electrons. The molecule has 0 amide bonds. The van der Waals surface area contributed by atoms with E-state index in [2.05, 4.69) is 51.5 Å². The normalized spacial score (nSPS) is 30.1. The number of hydrogen-bond donors (Lipinski definition) is 2. The number of aliphatic imine (C=N–C) groups is 1. The third-order valence-electron chi connectivity index (χ3n) is 4.91. The minimum atomic E-state index is 0. The summed E-state index contributed by atoms with van der Waals surface area (Å²) in [6, 6.07) is 0.459. The van der Waals surface area contributed by atoms with Crippen molar-refractivity contribution in [2.75, 3.05) is 26.0 Å². The summed E-state index contributed by atoms with van der Waals surface area (Å²) in [5.41, 5.74) is 0.187. The Bertz CT molecular complexity index is 401. The summed E-state index contributed by atoms with van der Waals surface area (Å²) in [4.78, 5) is 4.79. The zero-order valence-corrected chi connectivity index (χ0v) is 17.9. The van der Waals surface area contributed by atoms with Crippen molar-refractivity contribution in [2.45, 2.75) is 57.9 Å². The first-order valence-electron chi connectivity index (χ1n) is 8.03. The summed E-state index contributed by atoms with van der Waals surface area (Å²) in [5, 5.41) is 7.05. The lowest BCUT2D eigenvalue weighted by Gasteiger charge is -2.55. The van der Waals surface area contributed by atoms with E-state index in [0.717, 1.165) is 25.7 Å². The molecule has 6 heteroatoms. The Balaban J connectivity index is 0.00000242. The summed E-state index contributed by atoms with van der Waals surface area (Å²) in [6.45, 7) is 13.8. The molecule has 1 saturated carbocycles. The standard InChI is InChI=1S/C16H31N3OS.HI/c1-7-17-14(18-10-15(2,3)21-6)19-12-11-8-9-20-13(11)16(12,4)5;/h11-13H,7-10H2,1-6H3,(H2,17,18,19);1H. The average molecular weight is 441 g/mol. The molecule has 3 unspecified atom stereocenters. The van der Waals surface area contributed by atoms with Crippen LogP contribution >= 0.6 is 35.7 Å². The molecule has 2 aliphatic rings. The minimum absolute atomic E-state index is 0. The van der Waals surface area contributed by atoms with Gasteiger partial charge in [-0.15, -0.1) is 24.0 Å². The molecule has 2 fully saturated rings. The van der Waals surface area contributed by atoms with Crippen LogP contribution in [-0.2, 0) is 4.74 Å². The monoisotopic (exact) mass is 441 g/mol. The van der Waals surface area contributed by atoms with Gasteiger partial charge >= 0.3 is 0 Å². The predicted octanol–water partition coefficient (Wildman–Crippen LogP) is 3.11. The SMILES string of the molecule is CCNC(=NCC(C)(C)SC)NC1C2CCOC2C1(C)C.I. The fraction of sp³-hybridized carbons (Fsp3) is 0.938. The highest BCUT2D eigenvalue weighted by atomic mass is 127. The van der Waals surface area contributed by atoms with Crippen LogP contribution < -0.4 is 10.6 Å². The average Bonchev–Trinajstić information content (AvgIpc) is 2.88. The molecule has 0 radical (unpaired) electrons. The summed E-state index contributed by atoms with van der Waals surface area (Å²) in [7, 11) is 0. The van der Waals surface area contributed by atoms with Crippen molar-refractivity contribution in [1.82, 2.24) is 10.6 Å². The number of guanidine groups is 1. The second-order valence-corrected chi connectivity index (χ2v) is 8.86. The van der Waals surface area contributed by atoms with E-state index in [-0.39, 0.29) is 34.1 Å². The lowest BCUT2D eigenvalue weighted by Crippen LogP contribution is -2.68. The van der Waals surface area contributed by atoms with Crippen LogP contribution in [0.1, 0.15) is 41.0 Å². The highest BCUT2D eigenvalue weighted by molar-refractivity contribution is 14.0. The second kappa shape index (κ2) is 7.92. The van der Waals surface area contributed by atoms with Gasteiger partial charge < -0.3 is 15.4 Å². The molecule has 4 nitrogen and oxygen atoms in total. The minimum Gasteiger partial charge on any atom is -0.377 e. The number of halogens is 1. The van der Waals surface area contributed by atoms with E-state index < -0.39 is 0 Å². The molecule has 0 bridgehead atoms. The molecule has 22 heavy (non-hydrogen) atoms. The van der Waals surface area contributed by atoms with Crippen LogP contribution in [0.2, 0.25) is 0 Å². The van der Waals surface area contributed by atoms with Crippen LogP contribution in [0.25, 0.3) is 0 Å². The van der Waals surface area contributed by atoms with Crippen molar-refractivity contribution in [2.24, 2.45) is 16.3 Å². The predicted molar refractivity (Wildman–Crippen MR) is 108 cm³/mol. The van der Waals surface area contributed by atoms with Gasteiger partial charge in [0.1, 0.15) is 0 Å². The van der Waals surface area contributed by atoms with Gasteiger partial charge in [-0.05, 0) is 33.4 Å². The molecule has 0 aromatic heterocycles. The quantitative estimate of drug-likeness (QED) is 0.391. The van der Waals surface area contributed by atoms with Gasteiger partial charge in [0.25, 0.3) is 0 Å². The van der Waals surface area contributed by atoms with Crippen molar-refractivity contribution in [3.63, 3.8) is 0 Å². The Morgan fingerprint density at radius 2 is 2.09 bits per heavy atom. The zero-order valence-electron chi connectivity index (χ0n) is 14.7. The summed E-state index contributed by atoms with van der Waals surface area (Å²) in [5.74, 6) is 1.58. The molecule has 1 aliphatic carbocycles. The second-order valence-electron chi connectivity index (χ2n) is 7.35. The van der Waals surface area contributed by atoms with E-state index in [1.807, 2.05) is 11.8 Å². The van der Waals surface area contributed by atoms with E-state index in [0.29, 0.717) is 18.1 Å². The third-order valence-corrected chi connectivity index (χ3v) is 6.14. The molecule has 2 rings (SSSR count). The van der Waals surface area contributed by atoms with E-state index >= 15 is 0 Å². The van der Waals surface area contributed by atoms with Crippen LogP contribution in [0.4, 0.5) is 0 Å². The Morgan fingerprint density at radius 1 is 1.41 bits per heavy atom. The molecule has 0 aromatic rings. The number of thioether (sulfide) groups is 1. The van der Waals surface area contributed by atoms with Gasteiger partial charge in [0.15, 0.2) is 5.96 Å². The van der Waals surface area contributed by atoms with Gasteiger partial charge in [-0.2, -0.15) is 11.8 Å². The molecule has 2 N–H and O–H groups in total. The fourth-order valence-electron chi connectivity index (χ4n) is 3.42. The zero-order chi connectivity index (χ0) is 15.7. The van der Waals surface area contributed by atoms with Crippen LogP contribution in [0.3, 0.4) is 0 Å². The summed E-state index contributed by atoms with van der Waals surface area (Å²) in [6.07, 6.45) is 3.73. The van der Waals surface area contributed by atoms with E-state index in [1.165, 1.54) is 6.42 Å². The number of hydrogen-bond acceptors (Lipinski definition) is 3. The van der Waals surface area contributed by atoms with E-state index in [4.69, 9.17) is 9.73 Å². The van der Waals surface area contributed by atoms with Crippen molar-refractivity contribution in [3.05, 3.63) is 0 Å². The van der Waals surface area contributed by atoms with Crippen LogP contribution in [-0.4, -0.2) is 48.8 Å². The number of fused-ring (bicyclic) bond motifs is 1. The van der Waals surface area contributed by atoms with Gasteiger partial charge in [-0.25, -0.2) is 0 Å². The van der Waals surface area contributed by atoms with Gasteiger partial charge in [-0.1, -0.05) is 13.8 Å². The number of nitrogens with zero attached hydrogens (tertiary/aromatic N) is 1. The Morgan fingerprint density at radius 3 is 2.68 bits per heavy atom. The van der Waals surface area contributed by atoms with Crippen molar-refractivity contribution >= 4 is 41.7 Å². The lowest BCUT2D eigenvalue weighted by molar-refractivity contribution is -0.106. The molecular weight excluding hydrogens is 409 g/mol. The molecule has 3 atom stereocenters. The molecule has 1 aliphatic heterocycles. The first kappa shape index (κ1) is 20.4. The van der Waals surface area contributed by atoms with Gasteiger partial charge in [0.2, 0.25) is 0 Å². The van der Waals surface area contributed by atoms with Crippen molar-refractivity contribution in [3.8, 4) is 0 Å². The molecule has 0 spiro atoms. The van der Waals surface area contributed by atoms with Crippen LogP contribution in [0, 0.1) is 11.3 Å². The summed E-state index contributed by atoms with van der Waals surface area (Å²) < 4.78 is 6.04. The van der Waals surface area contributed by atoms with Crippen LogP contribution in [0.5, 0.6) is 0 Å². The van der Waals surface area contributed by atoms with Gasteiger partial charge in [0.05, 0.1) is 12.6 Å². The molecule has 1 heterocycles. The Labute approximate surface area is 157 Å². The number of ether oxygens (including phenoxy) is 1. The largest absolute Gasteiger partial charge is 0.377 e. The van der Waals surface area contributed by atoms with Crippen LogP contribution in [0.15, 0.2) is 4.99 Å². The first-order valence-corrected chi connectivity index (χ1v) is 9.26. The molecule has 1 saturated heterocycles. The van der Waals surface area contributed by atoms with Crippen molar-refractivity contribution in [1.29, 1.82) is 0 Å². The Kier molecular flexibility index (Phi) is 7.33. The molecular formula is C16H32IN3OS. The maximum atomic E-state index is 5.87. The highest BCUT2D eigenvalue weighted by Crippen LogP contribution is 2.52. The van der Waals surface area contributed by atoms with E-state index in [9.17, 15) is 0 Å². The highest BCUT2D eigenvalue weighted by Gasteiger charge is 2.59. The third kappa shape index (κ3) is 4.23. The smallest absolute Gasteiger partial charge is 0.191 e.